The molecule has 0 saturated carbocycles. The molecular weight excluding hydrogens is 316 g/mol. The summed E-state index contributed by atoms with van der Waals surface area (Å²) in [6.45, 7) is 1.47. The van der Waals surface area contributed by atoms with E-state index in [0.717, 1.165) is 42.7 Å². The van der Waals surface area contributed by atoms with E-state index in [-0.39, 0.29) is 11.9 Å². The second-order valence-electron chi connectivity index (χ2n) is 6.32. The van der Waals surface area contributed by atoms with Crippen molar-refractivity contribution in [2.24, 2.45) is 5.92 Å². The fraction of sp³-hybridized carbons (Fsp3) is 0.316. The molecule has 1 fully saturated rings. The number of fused-ring (bicyclic) bond motifs is 1. The van der Waals surface area contributed by atoms with Crippen molar-refractivity contribution in [2.45, 2.75) is 18.9 Å². The van der Waals surface area contributed by atoms with Gasteiger partial charge in [-0.3, -0.25) is 9.78 Å². The van der Waals surface area contributed by atoms with E-state index in [1.165, 1.54) is 0 Å². The van der Waals surface area contributed by atoms with E-state index in [1.54, 1.807) is 12.5 Å². The quantitative estimate of drug-likeness (QED) is 0.768. The number of carbonyl (C=O) groups is 1. The second-order valence-corrected chi connectivity index (χ2v) is 6.32. The van der Waals surface area contributed by atoms with Crippen molar-refractivity contribution in [3.8, 4) is 0 Å². The van der Waals surface area contributed by atoms with Gasteiger partial charge in [0.1, 0.15) is 0 Å². The van der Waals surface area contributed by atoms with Crippen LogP contribution in [0.4, 0.5) is 0 Å². The van der Waals surface area contributed by atoms with Crippen LogP contribution < -0.4 is 5.32 Å². The van der Waals surface area contributed by atoms with E-state index in [1.807, 2.05) is 36.5 Å². The average molecular weight is 336 g/mol. The molecule has 0 aliphatic carbocycles. The molecule has 1 amide bonds. The monoisotopic (exact) mass is 336 g/mol. The standard InChI is InChI=1S/C19H20N4O2/c24-19(14-3-4-16-17(10-14)22-12-21-16)23-18(13-5-8-25-9-6-13)15-2-1-7-20-11-15/h1-4,7,10-13,18H,5-6,8-9H2,(H,21,22)(H,23,24). The number of nitrogens with zero attached hydrogens (tertiary/aromatic N) is 2. The lowest BCUT2D eigenvalue weighted by molar-refractivity contribution is 0.0513. The van der Waals surface area contributed by atoms with Gasteiger partial charge in [0.2, 0.25) is 0 Å². The topological polar surface area (TPSA) is 79.9 Å². The van der Waals surface area contributed by atoms with Crippen molar-refractivity contribution in [3.05, 3.63) is 60.2 Å². The van der Waals surface area contributed by atoms with E-state index in [9.17, 15) is 4.79 Å². The zero-order valence-corrected chi connectivity index (χ0v) is 13.8. The summed E-state index contributed by atoms with van der Waals surface area (Å²) in [5, 5.41) is 3.21. The van der Waals surface area contributed by atoms with Gasteiger partial charge in [0.05, 0.1) is 23.4 Å². The van der Waals surface area contributed by atoms with Crippen LogP contribution >= 0.6 is 0 Å². The van der Waals surface area contributed by atoms with Crippen molar-refractivity contribution < 1.29 is 9.53 Å². The summed E-state index contributed by atoms with van der Waals surface area (Å²) in [5.74, 6) is 0.259. The first-order chi connectivity index (χ1) is 12.3. The van der Waals surface area contributed by atoms with Gasteiger partial charge in [-0.15, -0.1) is 0 Å². The number of nitrogens with one attached hydrogen (secondary N) is 2. The Hall–Kier alpha value is -2.73. The molecule has 2 N–H and O–H groups in total. The zero-order chi connectivity index (χ0) is 17.1. The van der Waals surface area contributed by atoms with Gasteiger partial charge < -0.3 is 15.0 Å². The van der Waals surface area contributed by atoms with E-state index in [0.29, 0.717) is 11.5 Å². The number of hydrogen-bond donors (Lipinski definition) is 2. The molecule has 6 nitrogen and oxygen atoms in total. The van der Waals surface area contributed by atoms with Crippen molar-refractivity contribution in [3.63, 3.8) is 0 Å². The van der Waals surface area contributed by atoms with Crippen LogP contribution in [0.2, 0.25) is 0 Å². The van der Waals surface area contributed by atoms with Crippen molar-refractivity contribution >= 4 is 16.9 Å². The number of hydrogen-bond acceptors (Lipinski definition) is 4. The van der Waals surface area contributed by atoms with Crippen LogP contribution in [0.25, 0.3) is 11.0 Å². The number of H-pyrrole nitrogens is 1. The summed E-state index contributed by atoms with van der Waals surface area (Å²) >= 11 is 0. The van der Waals surface area contributed by atoms with Gasteiger partial charge >= 0.3 is 0 Å². The number of aromatic nitrogens is 3. The smallest absolute Gasteiger partial charge is 0.251 e. The lowest BCUT2D eigenvalue weighted by atomic mass is 9.87. The third-order valence-electron chi connectivity index (χ3n) is 4.75. The summed E-state index contributed by atoms with van der Waals surface area (Å²) in [6.07, 6.45) is 7.07. The Kier molecular flexibility index (Phi) is 4.43. The Morgan fingerprint density at radius 3 is 2.96 bits per heavy atom. The highest BCUT2D eigenvalue weighted by Gasteiger charge is 2.27. The van der Waals surface area contributed by atoms with Crippen molar-refractivity contribution in [2.75, 3.05) is 13.2 Å². The van der Waals surface area contributed by atoms with Crippen LogP contribution in [-0.4, -0.2) is 34.1 Å². The molecule has 128 valence electrons. The molecule has 3 heterocycles. The number of aromatic amines is 1. The molecule has 1 saturated heterocycles. The van der Waals surface area contributed by atoms with Crippen molar-refractivity contribution in [1.82, 2.24) is 20.3 Å². The Morgan fingerprint density at radius 2 is 2.16 bits per heavy atom. The predicted octanol–water partition coefficient (Wildman–Crippen LogP) is 2.86. The largest absolute Gasteiger partial charge is 0.381 e. The highest BCUT2D eigenvalue weighted by molar-refractivity contribution is 5.97. The molecule has 0 spiro atoms. The summed E-state index contributed by atoms with van der Waals surface area (Å²) in [5.41, 5.74) is 3.37. The van der Waals surface area contributed by atoms with Gasteiger partial charge in [0.15, 0.2) is 0 Å². The maximum absolute atomic E-state index is 12.8. The SMILES string of the molecule is O=C(NC(c1cccnc1)C1CCOCC1)c1ccc2nc[nH]c2c1. The minimum absolute atomic E-state index is 0.0671. The first-order valence-electron chi connectivity index (χ1n) is 8.53. The highest BCUT2D eigenvalue weighted by Crippen LogP contribution is 2.30. The van der Waals surface area contributed by atoms with Gasteiger partial charge in [-0.05, 0) is 48.6 Å². The minimum atomic E-state index is -0.0863. The molecule has 6 heteroatoms. The summed E-state index contributed by atoms with van der Waals surface area (Å²) < 4.78 is 5.48. The number of amides is 1. The van der Waals surface area contributed by atoms with Gasteiger partial charge in [-0.2, -0.15) is 0 Å². The maximum atomic E-state index is 12.8. The van der Waals surface area contributed by atoms with Gasteiger partial charge in [-0.1, -0.05) is 6.07 Å². The fourth-order valence-electron chi connectivity index (χ4n) is 3.38. The molecule has 2 aromatic heterocycles. The van der Waals surface area contributed by atoms with Gasteiger partial charge in [0.25, 0.3) is 5.91 Å². The number of rotatable bonds is 4. The number of pyridine rings is 1. The van der Waals surface area contributed by atoms with Crippen LogP contribution in [0.5, 0.6) is 0 Å². The van der Waals surface area contributed by atoms with Crippen LogP contribution in [0, 0.1) is 5.92 Å². The Balaban J connectivity index is 1.59. The Bertz CT molecular complexity index is 856. The predicted molar refractivity (Wildman–Crippen MR) is 94.1 cm³/mol. The second kappa shape index (κ2) is 7.03. The van der Waals surface area contributed by atoms with Crippen molar-refractivity contribution in [1.29, 1.82) is 0 Å². The molecule has 3 aromatic rings. The van der Waals surface area contributed by atoms with E-state index >= 15 is 0 Å². The molecule has 4 rings (SSSR count). The van der Waals surface area contributed by atoms with E-state index in [2.05, 4.69) is 20.3 Å². The van der Waals surface area contributed by atoms with Gasteiger partial charge in [-0.25, -0.2) is 4.98 Å². The molecule has 1 aliphatic rings. The summed E-state index contributed by atoms with van der Waals surface area (Å²) in [4.78, 5) is 24.3. The maximum Gasteiger partial charge on any atom is 0.251 e. The Morgan fingerprint density at radius 1 is 1.28 bits per heavy atom. The first kappa shape index (κ1) is 15.8. The molecule has 25 heavy (non-hydrogen) atoms. The minimum Gasteiger partial charge on any atom is -0.381 e. The molecule has 0 bridgehead atoms. The van der Waals surface area contributed by atoms with E-state index < -0.39 is 0 Å². The Labute approximate surface area is 145 Å². The van der Waals surface area contributed by atoms with E-state index in [4.69, 9.17) is 4.74 Å². The molecule has 0 radical (unpaired) electrons. The average Bonchev–Trinajstić information content (AvgIpc) is 3.15. The number of carbonyl (C=O) groups excluding carboxylic acids is 1. The lowest BCUT2D eigenvalue weighted by Gasteiger charge is -2.31. The first-order valence-corrected chi connectivity index (χ1v) is 8.53. The molecular formula is C19H20N4O2. The fourth-order valence-corrected chi connectivity index (χ4v) is 3.38. The van der Waals surface area contributed by atoms with Crippen LogP contribution in [0.1, 0.15) is 34.8 Å². The number of ether oxygens (including phenoxy) is 1. The van der Waals surface area contributed by atoms with Crippen LogP contribution in [0.15, 0.2) is 49.1 Å². The number of benzene rings is 1. The van der Waals surface area contributed by atoms with Crippen LogP contribution in [0.3, 0.4) is 0 Å². The summed E-state index contributed by atoms with van der Waals surface area (Å²) in [7, 11) is 0. The normalized spacial score (nSPS) is 16.6. The highest BCUT2D eigenvalue weighted by atomic mass is 16.5. The summed E-state index contributed by atoms with van der Waals surface area (Å²) in [6, 6.07) is 9.36. The molecule has 1 unspecified atom stereocenters. The molecule has 1 atom stereocenters. The van der Waals surface area contributed by atoms with Crippen LogP contribution in [-0.2, 0) is 4.74 Å². The lowest BCUT2D eigenvalue weighted by Crippen LogP contribution is -2.36. The molecule has 1 aliphatic heterocycles. The third kappa shape index (κ3) is 3.39. The third-order valence-corrected chi connectivity index (χ3v) is 4.75. The molecule has 1 aromatic carbocycles. The number of imidazole rings is 1. The van der Waals surface area contributed by atoms with Gasteiger partial charge in [0, 0.05) is 31.2 Å². The zero-order valence-electron chi connectivity index (χ0n) is 13.8.